The molecular weight excluding hydrogens is 318 g/mol. The average molecular weight is 339 g/mol. The molecule has 25 heavy (non-hydrogen) atoms. The van der Waals surface area contributed by atoms with Crippen LogP contribution in [0, 0.1) is 12.8 Å². The molecule has 2 saturated heterocycles. The number of hydrogen-bond donors (Lipinski definition) is 0. The molecule has 1 amide bonds. The van der Waals surface area contributed by atoms with Gasteiger partial charge in [-0.2, -0.15) is 0 Å². The number of likely N-dealkylation sites (tertiary alicyclic amines) is 1. The monoisotopic (exact) mass is 339 g/mol. The van der Waals surface area contributed by atoms with Gasteiger partial charge in [-0.1, -0.05) is 12.1 Å². The molecule has 0 aliphatic carbocycles. The molecule has 4 rings (SSSR count). The number of rotatable bonds is 4. The summed E-state index contributed by atoms with van der Waals surface area (Å²) in [6, 6.07) is 11.1. The fourth-order valence-electron chi connectivity index (χ4n) is 3.56. The lowest BCUT2D eigenvalue weighted by atomic mass is 9.81. The van der Waals surface area contributed by atoms with Crippen molar-refractivity contribution < 1.29 is 14.3 Å². The maximum Gasteiger partial charge on any atom is 0.272 e. The lowest BCUT2D eigenvalue weighted by Gasteiger charge is -2.49. The molecule has 0 saturated carbocycles. The van der Waals surface area contributed by atoms with Crippen LogP contribution in [-0.4, -0.2) is 52.7 Å². The van der Waals surface area contributed by atoms with Crippen LogP contribution in [0.5, 0.6) is 5.88 Å². The van der Waals surface area contributed by atoms with E-state index in [4.69, 9.17) is 9.47 Å². The van der Waals surface area contributed by atoms with Crippen molar-refractivity contribution in [3.8, 4) is 5.88 Å². The lowest BCUT2D eigenvalue weighted by molar-refractivity contribution is -0.122. The van der Waals surface area contributed by atoms with Crippen molar-refractivity contribution >= 4 is 5.91 Å². The molecular formula is C19H21N3O3. The van der Waals surface area contributed by atoms with Gasteiger partial charge in [0.2, 0.25) is 5.88 Å². The highest BCUT2D eigenvalue weighted by molar-refractivity contribution is 5.93. The Hall–Kier alpha value is -2.47. The third-order valence-electron chi connectivity index (χ3n) is 4.98. The molecule has 1 spiro atoms. The minimum atomic E-state index is -0.283. The standard InChI is InChI=1S/C19H21N3O3/c1-14-5-4-6-16(21-14)18(23)22-12-19(13-22)15(8-10-25-19)11-24-17-7-2-3-9-20-17/h2-7,9,15H,8,10-13H2,1H3. The van der Waals surface area contributed by atoms with E-state index in [-0.39, 0.29) is 17.4 Å². The van der Waals surface area contributed by atoms with Crippen LogP contribution in [0.4, 0.5) is 0 Å². The summed E-state index contributed by atoms with van der Waals surface area (Å²) < 4.78 is 11.8. The van der Waals surface area contributed by atoms with E-state index < -0.39 is 0 Å². The van der Waals surface area contributed by atoms with E-state index in [0.717, 1.165) is 12.1 Å². The molecule has 0 N–H and O–H groups in total. The highest BCUT2D eigenvalue weighted by atomic mass is 16.5. The van der Waals surface area contributed by atoms with Crippen molar-refractivity contribution in [2.75, 3.05) is 26.3 Å². The summed E-state index contributed by atoms with van der Waals surface area (Å²) in [4.78, 5) is 22.9. The number of ether oxygens (including phenoxy) is 2. The van der Waals surface area contributed by atoms with Gasteiger partial charge in [-0.05, 0) is 31.5 Å². The van der Waals surface area contributed by atoms with Crippen LogP contribution >= 0.6 is 0 Å². The number of aryl methyl sites for hydroxylation is 1. The zero-order valence-electron chi connectivity index (χ0n) is 14.2. The number of carbonyl (C=O) groups excluding carboxylic acids is 1. The van der Waals surface area contributed by atoms with Gasteiger partial charge >= 0.3 is 0 Å². The topological polar surface area (TPSA) is 64.6 Å². The first kappa shape index (κ1) is 16.0. The molecule has 1 atom stereocenters. The molecule has 6 heteroatoms. The molecule has 2 fully saturated rings. The second kappa shape index (κ2) is 6.44. The molecule has 6 nitrogen and oxygen atoms in total. The summed E-state index contributed by atoms with van der Waals surface area (Å²) in [5.74, 6) is 0.860. The summed E-state index contributed by atoms with van der Waals surface area (Å²) >= 11 is 0. The Bertz CT molecular complexity index is 760. The fourth-order valence-corrected chi connectivity index (χ4v) is 3.56. The molecule has 2 aromatic rings. The molecule has 2 aliphatic rings. The van der Waals surface area contributed by atoms with Crippen LogP contribution in [0.15, 0.2) is 42.6 Å². The van der Waals surface area contributed by atoms with E-state index in [1.54, 1.807) is 17.2 Å². The van der Waals surface area contributed by atoms with Gasteiger partial charge in [0, 0.05) is 30.5 Å². The van der Waals surface area contributed by atoms with Crippen molar-refractivity contribution in [3.05, 3.63) is 54.0 Å². The van der Waals surface area contributed by atoms with E-state index >= 15 is 0 Å². The zero-order chi connectivity index (χ0) is 17.3. The van der Waals surface area contributed by atoms with E-state index in [0.29, 0.717) is 37.9 Å². The van der Waals surface area contributed by atoms with Crippen LogP contribution in [0.3, 0.4) is 0 Å². The minimum absolute atomic E-state index is 0.0331. The third-order valence-corrected chi connectivity index (χ3v) is 4.98. The Kier molecular flexibility index (Phi) is 4.13. The Balaban J connectivity index is 1.38. The Labute approximate surface area is 146 Å². The van der Waals surface area contributed by atoms with Crippen LogP contribution in [0.25, 0.3) is 0 Å². The minimum Gasteiger partial charge on any atom is -0.477 e. The Morgan fingerprint density at radius 1 is 1.32 bits per heavy atom. The second-order valence-electron chi connectivity index (χ2n) is 6.70. The van der Waals surface area contributed by atoms with Gasteiger partial charge < -0.3 is 14.4 Å². The maximum atomic E-state index is 12.6. The van der Waals surface area contributed by atoms with E-state index in [2.05, 4.69) is 9.97 Å². The van der Waals surface area contributed by atoms with Gasteiger partial charge in [-0.25, -0.2) is 9.97 Å². The second-order valence-corrected chi connectivity index (χ2v) is 6.70. The highest BCUT2D eigenvalue weighted by Crippen LogP contribution is 2.40. The van der Waals surface area contributed by atoms with Gasteiger partial charge in [0.05, 0.1) is 19.7 Å². The van der Waals surface area contributed by atoms with Crippen molar-refractivity contribution in [1.82, 2.24) is 14.9 Å². The van der Waals surface area contributed by atoms with Crippen molar-refractivity contribution in [1.29, 1.82) is 0 Å². The summed E-state index contributed by atoms with van der Waals surface area (Å²) in [6.45, 7) is 4.34. The quantitative estimate of drug-likeness (QED) is 0.853. The molecule has 0 radical (unpaired) electrons. The normalized spacial score (nSPS) is 21.2. The maximum absolute atomic E-state index is 12.6. The highest BCUT2D eigenvalue weighted by Gasteiger charge is 2.55. The van der Waals surface area contributed by atoms with E-state index in [1.165, 1.54) is 0 Å². The molecule has 130 valence electrons. The van der Waals surface area contributed by atoms with Gasteiger partial charge in [0.25, 0.3) is 5.91 Å². The summed E-state index contributed by atoms with van der Waals surface area (Å²) in [5.41, 5.74) is 1.06. The summed E-state index contributed by atoms with van der Waals surface area (Å²) in [5, 5.41) is 0. The van der Waals surface area contributed by atoms with Gasteiger partial charge in [0.15, 0.2) is 0 Å². The molecule has 2 aliphatic heterocycles. The number of hydrogen-bond acceptors (Lipinski definition) is 5. The third kappa shape index (κ3) is 3.09. The first-order valence-electron chi connectivity index (χ1n) is 8.57. The summed E-state index contributed by atoms with van der Waals surface area (Å²) in [7, 11) is 0. The zero-order valence-corrected chi connectivity index (χ0v) is 14.2. The first-order valence-corrected chi connectivity index (χ1v) is 8.57. The van der Waals surface area contributed by atoms with Crippen LogP contribution in [0.1, 0.15) is 22.6 Å². The predicted molar refractivity (Wildman–Crippen MR) is 91.4 cm³/mol. The number of amides is 1. The number of aromatic nitrogens is 2. The number of pyridine rings is 2. The van der Waals surface area contributed by atoms with E-state index in [1.807, 2.05) is 37.3 Å². The first-order chi connectivity index (χ1) is 12.2. The molecule has 1 unspecified atom stereocenters. The van der Waals surface area contributed by atoms with E-state index in [9.17, 15) is 4.79 Å². The van der Waals surface area contributed by atoms with Crippen LogP contribution in [-0.2, 0) is 4.74 Å². The number of carbonyl (C=O) groups is 1. The molecule has 0 bridgehead atoms. The Morgan fingerprint density at radius 2 is 2.20 bits per heavy atom. The lowest BCUT2D eigenvalue weighted by Crippen LogP contribution is -2.66. The average Bonchev–Trinajstić information content (AvgIpc) is 3.03. The Morgan fingerprint density at radius 3 is 2.96 bits per heavy atom. The molecule has 0 aromatic carbocycles. The van der Waals surface area contributed by atoms with Crippen LogP contribution in [0.2, 0.25) is 0 Å². The summed E-state index contributed by atoms with van der Waals surface area (Å²) in [6.07, 6.45) is 2.66. The molecule has 4 heterocycles. The van der Waals surface area contributed by atoms with Gasteiger partial charge in [-0.3, -0.25) is 4.79 Å². The van der Waals surface area contributed by atoms with Crippen molar-refractivity contribution in [2.45, 2.75) is 18.9 Å². The van der Waals surface area contributed by atoms with Crippen molar-refractivity contribution in [2.24, 2.45) is 5.92 Å². The fraction of sp³-hybridized carbons (Fsp3) is 0.421. The largest absolute Gasteiger partial charge is 0.477 e. The smallest absolute Gasteiger partial charge is 0.272 e. The van der Waals surface area contributed by atoms with Gasteiger partial charge in [0.1, 0.15) is 11.3 Å². The SMILES string of the molecule is Cc1cccc(C(=O)N2CC3(C2)OCCC3COc2ccccn2)n1. The predicted octanol–water partition coefficient (Wildman–Crippen LogP) is 2.10. The van der Waals surface area contributed by atoms with Crippen molar-refractivity contribution in [3.63, 3.8) is 0 Å². The number of nitrogens with zero attached hydrogens (tertiary/aromatic N) is 3. The van der Waals surface area contributed by atoms with Gasteiger partial charge in [-0.15, -0.1) is 0 Å². The molecule has 2 aromatic heterocycles. The van der Waals surface area contributed by atoms with Crippen LogP contribution < -0.4 is 4.74 Å².